The van der Waals surface area contributed by atoms with E-state index < -0.39 is 6.36 Å². The topological polar surface area (TPSA) is 18.5 Å². The second-order valence-electron chi connectivity index (χ2n) is 5.01. The number of aryl methyl sites for hydroxylation is 2. The van der Waals surface area contributed by atoms with Gasteiger partial charge in [-0.3, -0.25) is 0 Å². The van der Waals surface area contributed by atoms with Crippen LogP contribution in [0.4, 0.5) is 13.2 Å². The zero-order valence-corrected chi connectivity index (χ0v) is 12.4. The Bertz CT molecular complexity index is 616. The Hall–Kier alpha value is -2.17. The van der Waals surface area contributed by atoms with Crippen LogP contribution in [0.25, 0.3) is 0 Å². The van der Waals surface area contributed by atoms with Gasteiger partial charge in [0.05, 0.1) is 6.61 Å². The van der Waals surface area contributed by atoms with Crippen LogP contribution in [0, 0.1) is 13.8 Å². The average Bonchev–Trinajstić information content (AvgIpc) is 2.40. The van der Waals surface area contributed by atoms with Gasteiger partial charge in [-0.2, -0.15) is 0 Å². The van der Waals surface area contributed by atoms with E-state index in [1.54, 1.807) is 6.07 Å². The molecule has 0 saturated carbocycles. The number of halogens is 3. The Kier molecular flexibility index (Phi) is 4.96. The van der Waals surface area contributed by atoms with Crippen molar-refractivity contribution in [3.8, 4) is 11.5 Å². The Labute approximate surface area is 127 Å². The fourth-order valence-corrected chi connectivity index (χ4v) is 2.20. The van der Waals surface area contributed by atoms with Crippen LogP contribution in [0.5, 0.6) is 11.5 Å². The lowest BCUT2D eigenvalue weighted by molar-refractivity contribution is -0.274. The monoisotopic (exact) mass is 310 g/mol. The van der Waals surface area contributed by atoms with Gasteiger partial charge in [0.1, 0.15) is 11.5 Å². The second kappa shape index (κ2) is 6.73. The van der Waals surface area contributed by atoms with Crippen LogP contribution in [0.15, 0.2) is 42.5 Å². The smallest absolute Gasteiger partial charge is 0.493 e. The standard InChI is InChI=1S/C17H17F3O2/c1-12-5-3-6-13(2)16(12)21-10-9-14-7-4-8-15(11-14)22-17(18,19)20/h3-8,11H,9-10H2,1-2H3. The molecule has 0 fully saturated rings. The summed E-state index contributed by atoms with van der Waals surface area (Å²) in [7, 11) is 0. The van der Waals surface area contributed by atoms with Crippen LogP contribution in [-0.4, -0.2) is 13.0 Å². The van der Waals surface area contributed by atoms with E-state index in [0.29, 0.717) is 13.0 Å². The van der Waals surface area contributed by atoms with Crippen LogP contribution >= 0.6 is 0 Å². The number of benzene rings is 2. The first-order valence-corrected chi connectivity index (χ1v) is 6.89. The molecule has 0 heterocycles. The van der Waals surface area contributed by atoms with Crippen LogP contribution < -0.4 is 9.47 Å². The third-order valence-electron chi connectivity index (χ3n) is 3.18. The van der Waals surface area contributed by atoms with Gasteiger partial charge in [0.2, 0.25) is 0 Å². The molecule has 2 aromatic carbocycles. The Morgan fingerprint density at radius 3 is 2.23 bits per heavy atom. The normalized spacial score (nSPS) is 11.3. The quantitative estimate of drug-likeness (QED) is 0.788. The van der Waals surface area contributed by atoms with E-state index in [9.17, 15) is 13.2 Å². The van der Waals surface area contributed by atoms with Crippen LogP contribution in [0.2, 0.25) is 0 Å². The van der Waals surface area contributed by atoms with Crippen molar-refractivity contribution in [3.05, 3.63) is 59.2 Å². The third kappa shape index (κ3) is 4.69. The first-order valence-electron chi connectivity index (χ1n) is 6.89. The number of hydrogen-bond acceptors (Lipinski definition) is 2. The van der Waals surface area contributed by atoms with Gasteiger partial charge in [0.25, 0.3) is 0 Å². The summed E-state index contributed by atoms with van der Waals surface area (Å²) < 4.78 is 46.2. The minimum atomic E-state index is -4.67. The summed E-state index contributed by atoms with van der Waals surface area (Å²) in [5.74, 6) is 0.613. The molecule has 0 radical (unpaired) electrons. The molecule has 0 aliphatic carbocycles. The molecule has 118 valence electrons. The minimum Gasteiger partial charge on any atom is -0.493 e. The third-order valence-corrected chi connectivity index (χ3v) is 3.18. The van der Waals surface area contributed by atoms with Crippen molar-refractivity contribution < 1.29 is 22.6 Å². The maximum atomic E-state index is 12.2. The molecule has 0 aliphatic rings. The fourth-order valence-electron chi connectivity index (χ4n) is 2.20. The fraction of sp³-hybridized carbons (Fsp3) is 0.294. The van der Waals surface area contributed by atoms with Gasteiger partial charge in [-0.25, -0.2) is 0 Å². The van der Waals surface area contributed by atoms with Gasteiger partial charge >= 0.3 is 6.36 Å². The molecular weight excluding hydrogens is 293 g/mol. The van der Waals surface area contributed by atoms with E-state index in [0.717, 1.165) is 22.4 Å². The predicted octanol–water partition coefficient (Wildman–Crippen LogP) is 4.82. The van der Waals surface area contributed by atoms with Crippen molar-refractivity contribution in [2.45, 2.75) is 26.6 Å². The highest BCUT2D eigenvalue weighted by molar-refractivity contribution is 5.39. The molecule has 0 amide bonds. The molecule has 22 heavy (non-hydrogen) atoms. The summed E-state index contributed by atoms with van der Waals surface area (Å²) in [6.07, 6.45) is -4.17. The summed E-state index contributed by atoms with van der Waals surface area (Å²) in [4.78, 5) is 0. The molecule has 0 N–H and O–H groups in total. The molecule has 5 heteroatoms. The zero-order valence-electron chi connectivity index (χ0n) is 12.4. The van der Waals surface area contributed by atoms with Crippen molar-refractivity contribution in [1.82, 2.24) is 0 Å². The lowest BCUT2D eigenvalue weighted by atomic mass is 10.1. The van der Waals surface area contributed by atoms with Crippen molar-refractivity contribution in [2.75, 3.05) is 6.61 Å². The van der Waals surface area contributed by atoms with Gasteiger partial charge in [0.15, 0.2) is 0 Å². The molecule has 0 unspecified atom stereocenters. The predicted molar refractivity (Wildman–Crippen MR) is 78.2 cm³/mol. The number of para-hydroxylation sites is 1. The molecule has 2 rings (SSSR count). The summed E-state index contributed by atoms with van der Waals surface area (Å²) in [6.45, 7) is 4.31. The van der Waals surface area contributed by atoms with Crippen molar-refractivity contribution in [1.29, 1.82) is 0 Å². The van der Waals surface area contributed by atoms with E-state index in [1.165, 1.54) is 18.2 Å². The van der Waals surface area contributed by atoms with E-state index >= 15 is 0 Å². The van der Waals surface area contributed by atoms with Gasteiger partial charge in [-0.05, 0) is 42.7 Å². The molecule has 0 atom stereocenters. The van der Waals surface area contributed by atoms with E-state index in [1.807, 2.05) is 32.0 Å². The molecule has 2 nitrogen and oxygen atoms in total. The first-order chi connectivity index (χ1) is 10.3. The SMILES string of the molecule is Cc1cccc(C)c1OCCc1cccc(OC(F)(F)F)c1. The first kappa shape index (κ1) is 16.2. The molecular formula is C17H17F3O2. The minimum absolute atomic E-state index is 0.211. The number of rotatable bonds is 5. The van der Waals surface area contributed by atoms with Crippen LogP contribution in [0.3, 0.4) is 0 Å². The van der Waals surface area contributed by atoms with E-state index in [-0.39, 0.29) is 5.75 Å². The number of alkyl halides is 3. The van der Waals surface area contributed by atoms with E-state index in [4.69, 9.17) is 4.74 Å². The lowest BCUT2D eigenvalue weighted by Crippen LogP contribution is -2.17. The molecule has 0 aromatic heterocycles. The Balaban J connectivity index is 1.96. The Morgan fingerprint density at radius 2 is 1.59 bits per heavy atom. The van der Waals surface area contributed by atoms with Gasteiger partial charge in [-0.15, -0.1) is 13.2 Å². The van der Waals surface area contributed by atoms with Crippen molar-refractivity contribution >= 4 is 0 Å². The maximum absolute atomic E-state index is 12.2. The molecule has 0 bridgehead atoms. The zero-order chi connectivity index (χ0) is 16.2. The molecule has 0 saturated heterocycles. The summed E-state index contributed by atoms with van der Waals surface area (Å²) >= 11 is 0. The van der Waals surface area contributed by atoms with E-state index in [2.05, 4.69) is 4.74 Å². The van der Waals surface area contributed by atoms with Crippen molar-refractivity contribution in [3.63, 3.8) is 0 Å². The summed E-state index contributed by atoms with van der Waals surface area (Å²) in [5.41, 5.74) is 2.80. The highest BCUT2D eigenvalue weighted by atomic mass is 19.4. The van der Waals surface area contributed by atoms with Crippen molar-refractivity contribution in [2.24, 2.45) is 0 Å². The molecule has 0 aliphatic heterocycles. The highest BCUT2D eigenvalue weighted by Crippen LogP contribution is 2.24. The summed E-state index contributed by atoms with van der Waals surface area (Å²) in [5, 5.41) is 0. The van der Waals surface area contributed by atoms with Gasteiger partial charge in [-0.1, -0.05) is 30.3 Å². The molecule has 0 spiro atoms. The van der Waals surface area contributed by atoms with Gasteiger partial charge < -0.3 is 9.47 Å². The largest absolute Gasteiger partial charge is 0.573 e. The summed E-state index contributed by atoms with van der Waals surface area (Å²) in [6, 6.07) is 11.8. The maximum Gasteiger partial charge on any atom is 0.573 e. The number of ether oxygens (including phenoxy) is 2. The Morgan fingerprint density at radius 1 is 0.955 bits per heavy atom. The highest BCUT2D eigenvalue weighted by Gasteiger charge is 2.31. The average molecular weight is 310 g/mol. The van der Waals surface area contributed by atoms with Crippen LogP contribution in [0.1, 0.15) is 16.7 Å². The molecule has 2 aromatic rings. The van der Waals surface area contributed by atoms with Crippen LogP contribution in [-0.2, 0) is 6.42 Å². The lowest BCUT2D eigenvalue weighted by Gasteiger charge is -2.13. The number of hydrogen-bond donors (Lipinski definition) is 0. The second-order valence-corrected chi connectivity index (χ2v) is 5.01. The van der Waals surface area contributed by atoms with Gasteiger partial charge in [0, 0.05) is 6.42 Å².